The van der Waals surface area contributed by atoms with Crippen molar-refractivity contribution < 1.29 is 15.0 Å². The Balaban J connectivity index is 2.04. The van der Waals surface area contributed by atoms with Gasteiger partial charge in [0, 0.05) is 16.3 Å². The van der Waals surface area contributed by atoms with Crippen LogP contribution in [0.3, 0.4) is 0 Å². The zero-order chi connectivity index (χ0) is 17.3. The maximum absolute atomic E-state index is 11.8. The van der Waals surface area contributed by atoms with Crippen LogP contribution in [0, 0.1) is 0 Å². The summed E-state index contributed by atoms with van der Waals surface area (Å²) in [6.45, 7) is 0. The first-order chi connectivity index (χ1) is 11.4. The third-order valence-electron chi connectivity index (χ3n) is 4.65. The number of benzene rings is 1. The standard InChI is InChI=1S/C17H17BrN2O4/c18-11-5-3-4-10(8-11)17(6-1-2-7-17)9-12-19-13(16(23)24)14(21)15(22)20-12/h3-5,8,21H,1-2,6-7,9H2,(H,23,24)(H,19,20,22). The molecule has 0 atom stereocenters. The van der Waals surface area contributed by atoms with Crippen LogP contribution < -0.4 is 5.56 Å². The number of nitrogens with one attached hydrogen (secondary N) is 1. The minimum atomic E-state index is -1.41. The molecule has 0 saturated heterocycles. The number of aromatic carboxylic acids is 1. The number of hydrogen-bond acceptors (Lipinski definition) is 4. The summed E-state index contributed by atoms with van der Waals surface area (Å²) in [6.07, 6.45) is 4.45. The van der Waals surface area contributed by atoms with Crippen molar-refractivity contribution in [1.29, 1.82) is 0 Å². The number of carbonyl (C=O) groups is 1. The summed E-state index contributed by atoms with van der Waals surface area (Å²) < 4.78 is 0.977. The van der Waals surface area contributed by atoms with Crippen LogP contribution in [0.5, 0.6) is 5.75 Å². The van der Waals surface area contributed by atoms with E-state index in [1.54, 1.807) is 0 Å². The van der Waals surface area contributed by atoms with Crippen LogP contribution in [0.25, 0.3) is 0 Å². The fourth-order valence-corrected chi connectivity index (χ4v) is 3.90. The highest BCUT2D eigenvalue weighted by atomic mass is 79.9. The number of carboxylic acids is 1. The number of rotatable bonds is 4. The van der Waals surface area contributed by atoms with Gasteiger partial charge in [-0.25, -0.2) is 9.78 Å². The average Bonchev–Trinajstić information content (AvgIpc) is 3.00. The van der Waals surface area contributed by atoms with Gasteiger partial charge in [-0.2, -0.15) is 0 Å². The molecular formula is C17H17BrN2O4. The molecule has 1 aliphatic carbocycles. The Hall–Kier alpha value is -2.15. The van der Waals surface area contributed by atoms with Crippen molar-refractivity contribution in [2.24, 2.45) is 0 Å². The van der Waals surface area contributed by atoms with Crippen molar-refractivity contribution in [2.75, 3.05) is 0 Å². The van der Waals surface area contributed by atoms with Crippen molar-refractivity contribution in [3.63, 3.8) is 0 Å². The Bertz CT molecular complexity index is 841. The lowest BCUT2D eigenvalue weighted by Crippen LogP contribution is -2.28. The Kier molecular flexibility index (Phi) is 4.45. The van der Waals surface area contributed by atoms with Gasteiger partial charge >= 0.3 is 5.97 Å². The first-order valence-corrected chi connectivity index (χ1v) is 8.52. The second-order valence-electron chi connectivity index (χ2n) is 6.19. The lowest BCUT2D eigenvalue weighted by atomic mass is 9.76. The molecule has 0 unspecified atom stereocenters. The van der Waals surface area contributed by atoms with E-state index in [9.17, 15) is 14.7 Å². The van der Waals surface area contributed by atoms with Crippen molar-refractivity contribution in [1.82, 2.24) is 9.97 Å². The number of hydrogen-bond donors (Lipinski definition) is 3. The molecule has 3 rings (SSSR count). The summed E-state index contributed by atoms with van der Waals surface area (Å²) in [5, 5.41) is 18.7. The molecule has 1 saturated carbocycles. The van der Waals surface area contributed by atoms with E-state index >= 15 is 0 Å². The predicted molar refractivity (Wildman–Crippen MR) is 91.5 cm³/mol. The van der Waals surface area contributed by atoms with E-state index in [1.165, 1.54) is 0 Å². The lowest BCUT2D eigenvalue weighted by Gasteiger charge is -2.29. The molecule has 3 N–H and O–H groups in total. The van der Waals surface area contributed by atoms with E-state index < -0.39 is 23.0 Å². The van der Waals surface area contributed by atoms with E-state index in [1.807, 2.05) is 18.2 Å². The van der Waals surface area contributed by atoms with Gasteiger partial charge in [-0.05, 0) is 30.5 Å². The normalized spacial score (nSPS) is 16.2. The minimum Gasteiger partial charge on any atom is -0.501 e. The zero-order valence-electron chi connectivity index (χ0n) is 12.9. The number of aromatic nitrogens is 2. The molecule has 7 heteroatoms. The fourth-order valence-electron chi connectivity index (χ4n) is 3.50. The molecule has 0 bridgehead atoms. The number of carboxylic acid groups (broad SMARTS) is 1. The number of H-pyrrole nitrogens is 1. The van der Waals surface area contributed by atoms with Crippen LogP contribution in [0.15, 0.2) is 33.5 Å². The monoisotopic (exact) mass is 392 g/mol. The predicted octanol–water partition coefficient (Wildman–Crippen LogP) is 2.99. The minimum absolute atomic E-state index is 0.188. The number of nitrogens with zero attached hydrogens (tertiary/aromatic N) is 1. The first-order valence-electron chi connectivity index (χ1n) is 7.73. The number of halogens is 1. The zero-order valence-corrected chi connectivity index (χ0v) is 14.5. The molecule has 1 aromatic heterocycles. The highest BCUT2D eigenvalue weighted by Gasteiger charge is 2.37. The third kappa shape index (κ3) is 3.08. The van der Waals surface area contributed by atoms with Gasteiger partial charge in [-0.1, -0.05) is 40.9 Å². The summed E-state index contributed by atoms with van der Waals surface area (Å²) in [6, 6.07) is 8.03. The molecule has 1 fully saturated rings. The summed E-state index contributed by atoms with van der Waals surface area (Å²) in [5.41, 5.74) is -0.468. The third-order valence-corrected chi connectivity index (χ3v) is 5.14. The van der Waals surface area contributed by atoms with Crippen LogP contribution in [0.2, 0.25) is 0 Å². The number of aromatic hydroxyl groups is 1. The van der Waals surface area contributed by atoms with E-state index in [0.29, 0.717) is 6.42 Å². The molecule has 1 aliphatic rings. The molecule has 24 heavy (non-hydrogen) atoms. The van der Waals surface area contributed by atoms with E-state index in [-0.39, 0.29) is 11.2 Å². The topological polar surface area (TPSA) is 103 Å². The number of aromatic amines is 1. The van der Waals surface area contributed by atoms with Gasteiger partial charge < -0.3 is 15.2 Å². The highest BCUT2D eigenvalue weighted by molar-refractivity contribution is 9.10. The first kappa shape index (κ1) is 16.7. The van der Waals surface area contributed by atoms with Gasteiger partial charge in [0.15, 0.2) is 5.69 Å². The molecule has 0 spiro atoms. The van der Waals surface area contributed by atoms with Gasteiger partial charge in [0.2, 0.25) is 5.75 Å². The van der Waals surface area contributed by atoms with Gasteiger partial charge in [0.1, 0.15) is 5.82 Å². The lowest BCUT2D eigenvalue weighted by molar-refractivity contribution is 0.0685. The Labute approximate surface area is 146 Å². The maximum Gasteiger partial charge on any atom is 0.358 e. The van der Waals surface area contributed by atoms with E-state index in [4.69, 9.17) is 5.11 Å². The second kappa shape index (κ2) is 6.39. The largest absolute Gasteiger partial charge is 0.501 e. The Morgan fingerprint density at radius 2 is 2.04 bits per heavy atom. The van der Waals surface area contributed by atoms with Crippen molar-refractivity contribution in [3.8, 4) is 5.75 Å². The molecule has 1 heterocycles. The molecule has 0 radical (unpaired) electrons. The van der Waals surface area contributed by atoms with Crippen molar-refractivity contribution >= 4 is 21.9 Å². The summed E-state index contributed by atoms with van der Waals surface area (Å²) in [5.74, 6) is -1.98. The molecule has 0 amide bonds. The molecule has 0 aliphatic heterocycles. The van der Waals surface area contributed by atoms with Crippen LogP contribution in [-0.2, 0) is 11.8 Å². The molecule has 6 nitrogen and oxygen atoms in total. The molecular weight excluding hydrogens is 376 g/mol. The van der Waals surface area contributed by atoms with Gasteiger partial charge in [-0.15, -0.1) is 0 Å². The quantitative estimate of drug-likeness (QED) is 0.741. The van der Waals surface area contributed by atoms with Crippen LogP contribution in [0.1, 0.15) is 47.6 Å². The van der Waals surface area contributed by atoms with Crippen LogP contribution in [-0.4, -0.2) is 26.2 Å². The van der Waals surface area contributed by atoms with Crippen molar-refractivity contribution in [2.45, 2.75) is 37.5 Å². The molecule has 1 aromatic carbocycles. The van der Waals surface area contributed by atoms with E-state index in [2.05, 4.69) is 32.0 Å². The summed E-state index contributed by atoms with van der Waals surface area (Å²) in [7, 11) is 0. The Morgan fingerprint density at radius 3 is 2.67 bits per heavy atom. The van der Waals surface area contributed by atoms with Gasteiger partial charge in [0.05, 0.1) is 0 Å². The molecule has 2 aromatic rings. The molecule has 126 valence electrons. The smallest absolute Gasteiger partial charge is 0.358 e. The second-order valence-corrected chi connectivity index (χ2v) is 7.11. The van der Waals surface area contributed by atoms with Gasteiger partial charge in [0.25, 0.3) is 5.56 Å². The van der Waals surface area contributed by atoms with E-state index in [0.717, 1.165) is 35.7 Å². The van der Waals surface area contributed by atoms with Crippen LogP contribution in [0.4, 0.5) is 0 Å². The average molecular weight is 393 g/mol. The van der Waals surface area contributed by atoms with Crippen molar-refractivity contribution in [3.05, 3.63) is 56.2 Å². The summed E-state index contributed by atoms with van der Waals surface area (Å²) >= 11 is 3.49. The maximum atomic E-state index is 11.8. The fraction of sp³-hybridized carbons (Fsp3) is 0.353. The van der Waals surface area contributed by atoms with Gasteiger partial charge in [-0.3, -0.25) is 4.79 Å². The Morgan fingerprint density at radius 1 is 1.33 bits per heavy atom. The summed E-state index contributed by atoms with van der Waals surface area (Å²) in [4.78, 5) is 29.5. The highest BCUT2D eigenvalue weighted by Crippen LogP contribution is 2.43. The SMILES string of the molecule is O=C(O)c1nc(CC2(c3cccc(Br)c3)CCCC2)[nH]c(=O)c1O. The van der Waals surface area contributed by atoms with Crippen LogP contribution >= 0.6 is 15.9 Å².